The SMILES string of the molecule is O=C(CSCC(=O)N(CC1CCCCC1)C1CC1)N1CCOCC1. The number of thioether (sulfide) groups is 1. The Bertz CT molecular complexity index is 430. The Morgan fingerprint density at radius 2 is 1.71 bits per heavy atom. The van der Waals surface area contributed by atoms with Crippen molar-refractivity contribution in [2.75, 3.05) is 44.4 Å². The molecule has 0 spiro atoms. The molecule has 2 saturated carbocycles. The van der Waals surface area contributed by atoms with Crippen LogP contribution in [-0.2, 0) is 14.3 Å². The van der Waals surface area contributed by atoms with Gasteiger partial charge < -0.3 is 14.5 Å². The molecule has 0 aromatic heterocycles. The number of hydrogen-bond acceptors (Lipinski definition) is 4. The highest BCUT2D eigenvalue weighted by atomic mass is 32.2. The van der Waals surface area contributed by atoms with Crippen molar-refractivity contribution in [1.29, 1.82) is 0 Å². The number of rotatable bonds is 7. The Morgan fingerprint density at radius 3 is 2.38 bits per heavy atom. The van der Waals surface area contributed by atoms with Crippen LogP contribution in [0.2, 0.25) is 0 Å². The maximum Gasteiger partial charge on any atom is 0.232 e. The van der Waals surface area contributed by atoms with Crippen molar-refractivity contribution >= 4 is 23.6 Å². The third kappa shape index (κ3) is 5.38. The summed E-state index contributed by atoms with van der Waals surface area (Å²) in [5, 5.41) is 0. The largest absolute Gasteiger partial charge is 0.378 e. The second kappa shape index (κ2) is 9.09. The van der Waals surface area contributed by atoms with Gasteiger partial charge in [0.05, 0.1) is 24.7 Å². The molecule has 2 aliphatic carbocycles. The van der Waals surface area contributed by atoms with Crippen LogP contribution in [0.25, 0.3) is 0 Å². The first-order chi connectivity index (χ1) is 11.7. The maximum atomic E-state index is 12.6. The predicted octanol–water partition coefficient (Wildman–Crippen LogP) is 2.15. The fraction of sp³-hybridized carbons (Fsp3) is 0.889. The van der Waals surface area contributed by atoms with Crippen molar-refractivity contribution in [3.05, 3.63) is 0 Å². The molecule has 136 valence electrons. The quantitative estimate of drug-likeness (QED) is 0.703. The molecule has 1 heterocycles. The molecule has 2 amide bonds. The van der Waals surface area contributed by atoms with Crippen molar-refractivity contribution in [3.8, 4) is 0 Å². The summed E-state index contributed by atoms with van der Waals surface area (Å²) in [7, 11) is 0. The normalized spacial score (nSPS) is 22.4. The van der Waals surface area contributed by atoms with E-state index in [1.807, 2.05) is 4.90 Å². The Morgan fingerprint density at radius 1 is 1.00 bits per heavy atom. The van der Waals surface area contributed by atoms with Crippen LogP contribution in [0.3, 0.4) is 0 Å². The first kappa shape index (κ1) is 18.1. The van der Waals surface area contributed by atoms with Gasteiger partial charge in [0.2, 0.25) is 11.8 Å². The summed E-state index contributed by atoms with van der Waals surface area (Å²) >= 11 is 1.48. The van der Waals surface area contributed by atoms with Crippen LogP contribution in [0.5, 0.6) is 0 Å². The number of hydrogen-bond donors (Lipinski definition) is 0. The summed E-state index contributed by atoms with van der Waals surface area (Å²) in [5.41, 5.74) is 0. The van der Waals surface area contributed by atoms with Crippen LogP contribution in [0.1, 0.15) is 44.9 Å². The van der Waals surface area contributed by atoms with E-state index in [4.69, 9.17) is 4.74 Å². The van der Waals surface area contributed by atoms with Crippen molar-refractivity contribution in [2.45, 2.75) is 51.0 Å². The number of carbonyl (C=O) groups excluding carboxylic acids is 2. The molecule has 0 aromatic carbocycles. The van der Waals surface area contributed by atoms with Gasteiger partial charge in [-0.1, -0.05) is 19.3 Å². The van der Waals surface area contributed by atoms with Gasteiger partial charge in [-0.05, 0) is 31.6 Å². The van der Waals surface area contributed by atoms with Crippen molar-refractivity contribution < 1.29 is 14.3 Å². The molecular formula is C18H30N2O3S. The number of morpholine rings is 1. The molecule has 3 fully saturated rings. The molecule has 0 bridgehead atoms. The summed E-state index contributed by atoms with van der Waals surface area (Å²) in [4.78, 5) is 28.7. The minimum absolute atomic E-state index is 0.140. The molecule has 0 unspecified atom stereocenters. The average molecular weight is 355 g/mol. The molecule has 1 saturated heterocycles. The fourth-order valence-electron chi connectivity index (χ4n) is 3.70. The molecule has 0 aromatic rings. The van der Waals surface area contributed by atoms with Gasteiger partial charge in [-0.25, -0.2) is 0 Å². The van der Waals surface area contributed by atoms with Gasteiger partial charge in [-0.15, -0.1) is 11.8 Å². The lowest BCUT2D eigenvalue weighted by atomic mass is 9.89. The highest BCUT2D eigenvalue weighted by molar-refractivity contribution is 8.00. The Balaban J connectivity index is 1.39. The van der Waals surface area contributed by atoms with E-state index in [-0.39, 0.29) is 11.8 Å². The molecule has 0 radical (unpaired) electrons. The van der Waals surface area contributed by atoms with Gasteiger partial charge >= 0.3 is 0 Å². The summed E-state index contributed by atoms with van der Waals surface area (Å²) in [5.74, 6) is 1.93. The summed E-state index contributed by atoms with van der Waals surface area (Å²) < 4.78 is 5.27. The fourth-order valence-corrected chi connectivity index (χ4v) is 4.50. The number of ether oxygens (including phenoxy) is 1. The Labute approximate surface area is 149 Å². The minimum atomic E-state index is 0.140. The van der Waals surface area contributed by atoms with E-state index >= 15 is 0 Å². The highest BCUT2D eigenvalue weighted by Gasteiger charge is 2.34. The second-order valence-electron chi connectivity index (χ2n) is 7.27. The molecule has 1 aliphatic heterocycles. The highest BCUT2D eigenvalue weighted by Crippen LogP contribution is 2.31. The van der Waals surface area contributed by atoms with Gasteiger partial charge in [0.25, 0.3) is 0 Å². The Kier molecular flexibility index (Phi) is 6.84. The second-order valence-corrected chi connectivity index (χ2v) is 8.25. The summed E-state index contributed by atoms with van der Waals surface area (Å²) in [6.07, 6.45) is 8.87. The monoisotopic (exact) mass is 354 g/mol. The van der Waals surface area contributed by atoms with Crippen molar-refractivity contribution in [2.24, 2.45) is 5.92 Å². The zero-order chi connectivity index (χ0) is 16.8. The zero-order valence-electron chi connectivity index (χ0n) is 14.6. The van der Waals surface area contributed by atoms with E-state index in [1.165, 1.54) is 43.9 Å². The van der Waals surface area contributed by atoms with Gasteiger partial charge in [0, 0.05) is 25.7 Å². The van der Waals surface area contributed by atoms with Gasteiger partial charge in [0.15, 0.2) is 0 Å². The lowest BCUT2D eigenvalue weighted by Gasteiger charge is -2.30. The lowest BCUT2D eigenvalue weighted by molar-refractivity contribution is -0.132. The van der Waals surface area contributed by atoms with Crippen LogP contribution in [-0.4, -0.2) is 72.0 Å². The van der Waals surface area contributed by atoms with Crippen LogP contribution < -0.4 is 0 Å². The average Bonchev–Trinajstić information content (AvgIpc) is 3.46. The molecular weight excluding hydrogens is 324 g/mol. The molecule has 6 heteroatoms. The number of carbonyl (C=O) groups is 2. The first-order valence-corrected chi connectivity index (χ1v) is 10.6. The molecule has 0 N–H and O–H groups in total. The standard InChI is InChI=1S/C18H30N2O3S/c21-17(19-8-10-23-11-9-19)13-24-14-18(22)20(16-6-7-16)12-15-4-2-1-3-5-15/h15-16H,1-14H2. The summed E-state index contributed by atoms with van der Waals surface area (Å²) in [6, 6.07) is 0.481. The molecule has 3 rings (SSSR count). The number of nitrogens with zero attached hydrogens (tertiary/aromatic N) is 2. The van der Waals surface area contributed by atoms with Gasteiger partial charge in [0.1, 0.15) is 0 Å². The molecule has 3 aliphatic rings. The van der Waals surface area contributed by atoms with Gasteiger partial charge in [-0.3, -0.25) is 9.59 Å². The zero-order valence-corrected chi connectivity index (χ0v) is 15.4. The van der Waals surface area contributed by atoms with E-state index in [0.717, 1.165) is 19.4 Å². The van der Waals surface area contributed by atoms with E-state index in [9.17, 15) is 9.59 Å². The van der Waals surface area contributed by atoms with Crippen molar-refractivity contribution in [3.63, 3.8) is 0 Å². The maximum absolute atomic E-state index is 12.6. The summed E-state index contributed by atoms with van der Waals surface area (Å²) in [6.45, 7) is 3.58. The molecule has 5 nitrogen and oxygen atoms in total. The number of amides is 2. The molecule has 24 heavy (non-hydrogen) atoms. The van der Waals surface area contributed by atoms with Crippen molar-refractivity contribution in [1.82, 2.24) is 9.80 Å². The van der Waals surface area contributed by atoms with E-state index in [2.05, 4.69) is 4.90 Å². The third-order valence-corrected chi connectivity index (χ3v) is 6.20. The van der Waals surface area contributed by atoms with E-state index in [1.54, 1.807) is 0 Å². The lowest BCUT2D eigenvalue weighted by Crippen LogP contribution is -2.42. The van der Waals surface area contributed by atoms with Crippen LogP contribution in [0, 0.1) is 5.92 Å². The van der Waals surface area contributed by atoms with Crippen LogP contribution in [0.4, 0.5) is 0 Å². The van der Waals surface area contributed by atoms with Crippen LogP contribution in [0.15, 0.2) is 0 Å². The van der Waals surface area contributed by atoms with Gasteiger partial charge in [-0.2, -0.15) is 0 Å². The molecule has 0 atom stereocenters. The topological polar surface area (TPSA) is 49.9 Å². The van der Waals surface area contributed by atoms with E-state index < -0.39 is 0 Å². The van der Waals surface area contributed by atoms with Crippen LogP contribution >= 0.6 is 11.8 Å². The van der Waals surface area contributed by atoms with E-state index in [0.29, 0.717) is 49.8 Å². The predicted molar refractivity (Wildman–Crippen MR) is 96.0 cm³/mol. The first-order valence-electron chi connectivity index (χ1n) is 9.47. The third-order valence-electron chi connectivity index (χ3n) is 5.30. The Hall–Kier alpha value is -0.750. The smallest absolute Gasteiger partial charge is 0.232 e. The minimum Gasteiger partial charge on any atom is -0.378 e.